The molecule has 0 atom stereocenters. The Morgan fingerprint density at radius 3 is 2.68 bits per heavy atom. The van der Waals surface area contributed by atoms with Gasteiger partial charge in [0, 0.05) is 29.2 Å². The lowest BCUT2D eigenvalue weighted by Crippen LogP contribution is -2.11. The van der Waals surface area contributed by atoms with Crippen molar-refractivity contribution in [3.63, 3.8) is 0 Å². The van der Waals surface area contributed by atoms with Gasteiger partial charge in [-0.2, -0.15) is 10.1 Å². The van der Waals surface area contributed by atoms with Crippen LogP contribution in [0.15, 0.2) is 53.8 Å². The van der Waals surface area contributed by atoms with Gasteiger partial charge >= 0.3 is 0 Å². The molecule has 144 valence electrons. The average molecular weight is 399 g/mol. The highest BCUT2D eigenvalue weighted by Gasteiger charge is 2.16. The van der Waals surface area contributed by atoms with Crippen LogP contribution in [0.4, 0.5) is 11.6 Å². The van der Waals surface area contributed by atoms with Crippen molar-refractivity contribution in [3.05, 3.63) is 48.9 Å². The number of nitrogens with zero attached hydrogens (tertiary/aromatic N) is 4. The van der Waals surface area contributed by atoms with Crippen molar-refractivity contribution >= 4 is 27.3 Å². The molecule has 0 unspecified atom stereocenters. The molecule has 0 aliphatic rings. The second-order valence-electron chi connectivity index (χ2n) is 5.88. The minimum absolute atomic E-state index is 0.0318. The fraction of sp³-hybridized carbons (Fsp3) is 0.118. The van der Waals surface area contributed by atoms with Gasteiger partial charge in [0.25, 0.3) is 0 Å². The monoisotopic (exact) mass is 399 g/mol. The maximum atomic E-state index is 11.4. The predicted molar refractivity (Wildman–Crippen MR) is 103 cm³/mol. The van der Waals surface area contributed by atoms with Crippen molar-refractivity contribution in [1.82, 2.24) is 24.8 Å². The Hall–Kier alpha value is -3.44. The number of rotatable bonds is 6. The number of hydrogen-bond donors (Lipinski definition) is 3. The number of hydrogen-bond acceptors (Lipinski definition) is 7. The summed E-state index contributed by atoms with van der Waals surface area (Å²) in [7, 11) is -3.74. The van der Waals surface area contributed by atoms with E-state index in [2.05, 4.69) is 25.6 Å². The van der Waals surface area contributed by atoms with Gasteiger partial charge in [-0.15, -0.1) is 5.10 Å². The molecule has 0 amide bonds. The van der Waals surface area contributed by atoms with E-state index < -0.39 is 10.0 Å². The predicted octanol–water partition coefficient (Wildman–Crippen LogP) is 1.91. The van der Waals surface area contributed by atoms with E-state index in [1.165, 1.54) is 12.1 Å². The molecule has 0 radical (unpaired) electrons. The first-order valence-electron chi connectivity index (χ1n) is 8.37. The molecule has 0 fully saturated rings. The Morgan fingerprint density at radius 2 is 2.04 bits per heavy atom. The van der Waals surface area contributed by atoms with Crippen LogP contribution in [0.1, 0.15) is 6.92 Å². The zero-order valence-corrected chi connectivity index (χ0v) is 15.6. The van der Waals surface area contributed by atoms with Gasteiger partial charge in [-0.3, -0.25) is 5.10 Å². The Balaban J connectivity index is 1.70. The summed E-state index contributed by atoms with van der Waals surface area (Å²) >= 11 is 0. The zero-order valence-electron chi connectivity index (χ0n) is 14.8. The van der Waals surface area contributed by atoms with Gasteiger partial charge in [-0.05, 0) is 37.3 Å². The number of H-pyrrole nitrogens is 1. The van der Waals surface area contributed by atoms with Crippen LogP contribution in [0, 0.1) is 0 Å². The number of nitrogens with two attached hydrogens (primary N) is 1. The molecule has 0 saturated carbocycles. The summed E-state index contributed by atoms with van der Waals surface area (Å²) in [5.74, 6) is 0.935. The number of nitrogens with one attached hydrogen (secondary N) is 2. The van der Waals surface area contributed by atoms with Crippen LogP contribution in [-0.2, 0) is 10.0 Å². The number of anilines is 2. The van der Waals surface area contributed by atoms with Crippen molar-refractivity contribution in [3.8, 4) is 16.9 Å². The third kappa shape index (κ3) is 3.40. The highest BCUT2D eigenvalue weighted by atomic mass is 32.2. The SMILES string of the molecule is CCOc1c(-c2cn[nH]c2)ccn2nc(Nc3ccc(S(N)(=O)=O)cc3)nc12. The molecule has 4 N–H and O–H groups in total. The molecule has 3 heterocycles. The quantitative estimate of drug-likeness (QED) is 0.450. The second-order valence-corrected chi connectivity index (χ2v) is 7.44. The fourth-order valence-corrected chi connectivity index (χ4v) is 3.26. The van der Waals surface area contributed by atoms with E-state index in [4.69, 9.17) is 9.88 Å². The number of aromatic amines is 1. The molecule has 0 aliphatic heterocycles. The van der Waals surface area contributed by atoms with Crippen molar-refractivity contribution in [2.45, 2.75) is 11.8 Å². The van der Waals surface area contributed by atoms with Gasteiger partial charge in [-0.1, -0.05) is 0 Å². The molecule has 4 aromatic rings. The number of fused-ring (bicyclic) bond motifs is 1. The van der Waals surface area contributed by atoms with E-state index in [0.29, 0.717) is 29.6 Å². The second kappa shape index (κ2) is 6.94. The van der Waals surface area contributed by atoms with Crippen LogP contribution >= 0.6 is 0 Å². The zero-order chi connectivity index (χ0) is 19.7. The highest BCUT2D eigenvalue weighted by Crippen LogP contribution is 2.33. The molecule has 10 nitrogen and oxygen atoms in total. The molecule has 1 aromatic carbocycles. The number of aromatic nitrogens is 5. The Bertz CT molecular complexity index is 1220. The molecule has 0 saturated heterocycles. The molecule has 11 heteroatoms. The van der Waals surface area contributed by atoms with E-state index in [1.807, 2.05) is 13.0 Å². The summed E-state index contributed by atoms with van der Waals surface area (Å²) in [4.78, 5) is 4.54. The molecular formula is C17H17N7O3S. The lowest BCUT2D eigenvalue weighted by Gasteiger charge is -2.09. The van der Waals surface area contributed by atoms with Gasteiger partial charge < -0.3 is 10.1 Å². The first-order chi connectivity index (χ1) is 13.5. The van der Waals surface area contributed by atoms with Crippen molar-refractivity contribution < 1.29 is 13.2 Å². The Morgan fingerprint density at radius 1 is 1.25 bits per heavy atom. The van der Waals surface area contributed by atoms with Gasteiger partial charge in [0.05, 0.1) is 17.7 Å². The summed E-state index contributed by atoms with van der Waals surface area (Å²) in [6.45, 7) is 2.36. The fourth-order valence-electron chi connectivity index (χ4n) is 2.75. The Labute approximate surface area is 160 Å². The minimum Gasteiger partial charge on any atom is -0.489 e. The standard InChI is InChI=1S/C17H17N7O3S/c1-2-27-15-14(11-9-19-20-10-11)7-8-24-16(15)22-17(23-24)21-12-3-5-13(6-4-12)28(18,25)26/h3-10H,2H2,1H3,(H,19,20)(H,21,23)(H2,18,25,26). The molecule has 0 spiro atoms. The number of primary sulfonamides is 1. The maximum Gasteiger partial charge on any atom is 0.247 e. The highest BCUT2D eigenvalue weighted by molar-refractivity contribution is 7.89. The summed E-state index contributed by atoms with van der Waals surface area (Å²) < 4.78 is 30.1. The van der Waals surface area contributed by atoms with Crippen molar-refractivity contribution in [2.24, 2.45) is 5.14 Å². The summed E-state index contributed by atoms with van der Waals surface area (Å²) in [6, 6.07) is 7.88. The third-order valence-electron chi connectivity index (χ3n) is 4.00. The average Bonchev–Trinajstić information content (AvgIpc) is 3.31. The number of ether oxygens (including phenoxy) is 1. The molecule has 4 rings (SSSR count). The normalized spacial score (nSPS) is 11.6. The molecule has 0 bridgehead atoms. The lowest BCUT2D eigenvalue weighted by atomic mass is 10.1. The summed E-state index contributed by atoms with van der Waals surface area (Å²) in [5, 5.41) is 19.3. The lowest BCUT2D eigenvalue weighted by molar-refractivity contribution is 0.343. The van der Waals surface area contributed by atoms with Crippen LogP contribution in [0.25, 0.3) is 16.8 Å². The molecule has 28 heavy (non-hydrogen) atoms. The minimum atomic E-state index is -3.74. The van der Waals surface area contributed by atoms with Crippen molar-refractivity contribution in [1.29, 1.82) is 0 Å². The van der Waals surface area contributed by atoms with E-state index in [-0.39, 0.29) is 4.90 Å². The van der Waals surface area contributed by atoms with Crippen LogP contribution in [-0.4, -0.2) is 39.8 Å². The smallest absolute Gasteiger partial charge is 0.247 e. The van der Waals surface area contributed by atoms with Gasteiger partial charge in [-0.25, -0.2) is 18.1 Å². The van der Waals surface area contributed by atoms with Gasteiger partial charge in [0.15, 0.2) is 11.4 Å². The Kier molecular flexibility index (Phi) is 4.45. The third-order valence-corrected chi connectivity index (χ3v) is 4.93. The molecule has 0 aliphatic carbocycles. The maximum absolute atomic E-state index is 11.4. The number of sulfonamides is 1. The van der Waals surface area contributed by atoms with Gasteiger partial charge in [0.2, 0.25) is 16.0 Å². The first-order valence-corrected chi connectivity index (χ1v) is 9.91. The number of pyridine rings is 1. The summed E-state index contributed by atoms with van der Waals surface area (Å²) in [5.41, 5.74) is 2.89. The molecule has 3 aromatic heterocycles. The van der Waals surface area contributed by atoms with E-state index in [0.717, 1.165) is 11.1 Å². The van der Waals surface area contributed by atoms with Crippen LogP contribution < -0.4 is 15.2 Å². The van der Waals surface area contributed by atoms with Crippen LogP contribution in [0.5, 0.6) is 5.75 Å². The van der Waals surface area contributed by atoms with E-state index in [9.17, 15) is 8.42 Å². The largest absolute Gasteiger partial charge is 0.489 e. The first kappa shape index (κ1) is 17.9. The summed E-state index contributed by atoms with van der Waals surface area (Å²) in [6.07, 6.45) is 5.26. The van der Waals surface area contributed by atoms with Crippen LogP contribution in [0.2, 0.25) is 0 Å². The van der Waals surface area contributed by atoms with Crippen molar-refractivity contribution in [2.75, 3.05) is 11.9 Å². The van der Waals surface area contributed by atoms with E-state index in [1.54, 1.807) is 35.2 Å². The topological polar surface area (TPSA) is 140 Å². The van der Waals surface area contributed by atoms with Crippen LogP contribution in [0.3, 0.4) is 0 Å². The van der Waals surface area contributed by atoms with Gasteiger partial charge in [0.1, 0.15) is 0 Å². The van der Waals surface area contributed by atoms with E-state index >= 15 is 0 Å². The number of benzene rings is 1. The molecular weight excluding hydrogens is 382 g/mol.